The SMILES string of the molecule is CC(=O)NCCCc1ccc(-c2csc(NC(=O)C3CC3C)n2)cc1. The van der Waals surface area contributed by atoms with Crippen molar-refractivity contribution in [1.82, 2.24) is 10.3 Å². The number of benzene rings is 1. The lowest BCUT2D eigenvalue weighted by molar-refractivity contribution is -0.119. The lowest BCUT2D eigenvalue weighted by Gasteiger charge is -2.04. The molecule has 2 N–H and O–H groups in total. The van der Waals surface area contributed by atoms with Gasteiger partial charge in [-0.15, -0.1) is 11.3 Å². The third-order valence-electron chi connectivity index (χ3n) is 4.45. The Hall–Kier alpha value is -2.21. The second-order valence-corrected chi connectivity index (χ2v) is 7.49. The van der Waals surface area contributed by atoms with Crippen LogP contribution in [0.5, 0.6) is 0 Å². The summed E-state index contributed by atoms with van der Waals surface area (Å²) < 4.78 is 0. The highest BCUT2D eigenvalue weighted by Crippen LogP contribution is 2.38. The maximum atomic E-state index is 12.0. The van der Waals surface area contributed by atoms with E-state index in [0.717, 1.165) is 30.5 Å². The van der Waals surface area contributed by atoms with Gasteiger partial charge in [-0.2, -0.15) is 0 Å². The van der Waals surface area contributed by atoms with Crippen LogP contribution in [-0.2, 0) is 16.0 Å². The topological polar surface area (TPSA) is 71.1 Å². The molecule has 0 saturated heterocycles. The summed E-state index contributed by atoms with van der Waals surface area (Å²) in [4.78, 5) is 27.3. The third kappa shape index (κ3) is 4.89. The number of carbonyl (C=O) groups is 2. The largest absolute Gasteiger partial charge is 0.356 e. The van der Waals surface area contributed by atoms with Gasteiger partial charge >= 0.3 is 0 Å². The molecule has 1 aliphatic rings. The molecule has 5 nitrogen and oxygen atoms in total. The average Bonchev–Trinajstić information content (AvgIpc) is 3.14. The molecule has 1 aliphatic carbocycles. The third-order valence-corrected chi connectivity index (χ3v) is 5.20. The van der Waals surface area contributed by atoms with Crippen LogP contribution in [0.1, 0.15) is 32.3 Å². The van der Waals surface area contributed by atoms with Crippen molar-refractivity contribution in [3.8, 4) is 11.3 Å². The van der Waals surface area contributed by atoms with E-state index in [-0.39, 0.29) is 17.7 Å². The van der Waals surface area contributed by atoms with Crippen LogP contribution in [0.2, 0.25) is 0 Å². The first-order chi connectivity index (χ1) is 12.0. The Bertz CT molecular complexity index is 754. The van der Waals surface area contributed by atoms with Gasteiger partial charge in [0, 0.05) is 30.3 Å². The normalized spacial score (nSPS) is 18.6. The molecule has 3 rings (SSSR count). The molecule has 2 atom stereocenters. The number of amides is 2. The first-order valence-electron chi connectivity index (χ1n) is 8.63. The van der Waals surface area contributed by atoms with Gasteiger partial charge in [-0.05, 0) is 30.7 Å². The summed E-state index contributed by atoms with van der Waals surface area (Å²) in [7, 11) is 0. The van der Waals surface area contributed by atoms with Gasteiger partial charge in [0.1, 0.15) is 0 Å². The van der Waals surface area contributed by atoms with Crippen molar-refractivity contribution in [2.24, 2.45) is 11.8 Å². The number of hydrogen-bond donors (Lipinski definition) is 2. The summed E-state index contributed by atoms with van der Waals surface area (Å²) in [5, 5.41) is 8.35. The lowest BCUT2D eigenvalue weighted by Crippen LogP contribution is -2.21. The van der Waals surface area contributed by atoms with E-state index in [4.69, 9.17) is 0 Å². The van der Waals surface area contributed by atoms with Crippen molar-refractivity contribution in [3.05, 3.63) is 35.2 Å². The van der Waals surface area contributed by atoms with Gasteiger partial charge in [0.2, 0.25) is 11.8 Å². The van der Waals surface area contributed by atoms with Crippen molar-refractivity contribution < 1.29 is 9.59 Å². The predicted octanol–water partition coefficient (Wildman–Crippen LogP) is 3.47. The molecular weight excluding hydrogens is 334 g/mol. The number of hydrogen-bond acceptors (Lipinski definition) is 4. The fraction of sp³-hybridized carbons (Fsp3) is 0.421. The van der Waals surface area contributed by atoms with Crippen LogP contribution in [0, 0.1) is 11.8 Å². The Kier molecular flexibility index (Phi) is 5.48. The second kappa shape index (κ2) is 7.78. The zero-order chi connectivity index (χ0) is 17.8. The molecule has 6 heteroatoms. The van der Waals surface area contributed by atoms with Crippen molar-refractivity contribution in [3.63, 3.8) is 0 Å². The molecule has 0 aliphatic heterocycles. The summed E-state index contributed by atoms with van der Waals surface area (Å²) >= 11 is 1.46. The van der Waals surface area contributed by atoms with Crippen molar-refractivity contribution in [2.45, 2.75) is 33.1 Å². The molecule has 0 radical (unpaired) electrons. The highest BCUT2D eigenvalue weighted by atomic mass is 32.1. The van der Waals surface area contributed by atoms with Crippen LogP contribution in [-0.4, -0.2) is 23.3 Å². The van der Waals surface area contributed by atoms with Crippen molar-refractivity contribution in [1.29, 1.82) is 0 Å². The van der Waals surface area contributed by atoms with Gasteiger partial charge in [-0.1, -0.05) is 31.2 Å². The Morgan fingerprint density at radius 3 is 2.64 bits per heavy atom. The average molecular weight is 357 g/mol. The molecule has 2 amide bonds. The molecular formula is C19H23N3O2S. The first-order valence-corrected chi connectivity index (χ1v) is 9.51. The van der Waals surface area contributed by atoms with E-state index in [1.807, 2.05) is 5.38 Å². The lowest BCUT2D eigenvalue weighted by atomic mass is 10.1. The van der Waals surface area contributed by atoms with Gasteiger partial charge < -0.3 is 10.6 Å². The predicted molar refractivity (Wildman–Crippen MR) is 100 cm³/mol. The molecule has 1 saturated carbocycles. The monoisotopic (exact) mass is 357 g/mol. The highest BCUT2D eigenvalue weighted by molar-refractivity contribution is 7.14. The zero-order valence-electron chi connectivity index (χ0n) is 14.5. The van der Waals surface area contributed by atoms with Crippen LogP contribution in [0.4, 0.5) is 5.13 Å². The number of aryl methyl sites for hydroxylation is 1. The summed E-state index contributed by atoms with van der Waals surface area (Å²) in [5.41, 5.74) is 3.16. The number of thiazole rings is 1. The molecule has 25 heavy (non-hydrogen) atoms. The smallest absolute Gasteiger partial charge is 0.229 e. The van der Waals surface area contributed by atoms with Gasteiger partial charge in [0.05, 0.1) is 5.69 Å². The summed E-state index contributed by atoms with van der Waals surface area (Å²) in [6.07, 6.45) is 2.83. The fourth-order valence-electron chi connectivity index (χ4n) is 2.75. The molecule has 0 spiro atoms. The Morgan fingerprint density at radius 2 is 2.00 bits per heavy atom. The van der Waals surface area contributed by atoms with E-state index in [2.05, 4.69) is 46.8 Å². The Balaban J connectivity index is 1.53. The number of nitrogens with zero attached hydrogens (tertiary/aromatic N) is 1. The van der Waals surface area contributed by atoms with Crippen LogP contribution in [0.3, 0.4) is 0 Å². The van der Waals surface area contributed by atoms with Crippen LogP contribution in [0.15, 0.2) is 29.6 Å². The molecule has 132 valence electrons. The van der Waals surface area contributed by atoms with E-state index in [0.29, 0.717) is 17.6 Å². The van der Waals surface area contributed by atoms with Gasteiger partial charge in [0.25, 0.3) is 0 Å². The van der Waals surface area contributed by atoms with Gasteiger partial charge in [0.15, 0.2) is 5.13 Å². The fourth-order valence-corrected chi connectivity index (χ4v) is 3.47. The standard InChI is InChI=1S/C19H23N3O2S/c1-12-10-16(12)18(24)22-19-21-17(11-25-19)15-7-5-14(6-8-15)4-3-9-20-13(2)23/h5-8,11-12,16H,3-4,9-10H2,1-2H3,(H,20,23)(H,21,22,24). The van der Waals surface area contributed by atoms with E-state index in [1.165, 1.54) is 23.8 Å². The minimum atomic E-state index is 0.0120. The Labute approximate surface area is 151 Å². The second-order valence-electron chi connectivity index (χ2n) is 6.63. The Morgan fingerprint density at radius 1 is 1.28 bits per heavy atom. The summed E-state index contributed by atoms with van der Waals surface area (Å²) in [5.74, 6) is 0.752. The summed E-state index contributed by atoms with van der Waals surface area (Å²) in [6.45, 7) is 4.33. The molecule has 2 aromatic rings. The van der Waals surface area contributed by atoms with E-state index < -0.39 is 0 Å². The van der Waals surface area contributed by atoms with E-state index >= 15 is 0 Å². The highest BCUT2D eigenvalue weighted by Gasteiger charge is 2.39. The van der Waals surface area contributed by atoms with Gasteiger partial charge in [-0.25, -0.2) is 4.98 Å². The number of anilines is 1. The van der Waals surface area contributed by atoms with E-state index in [1.54, 1.807) is 0 Å². The number of rotatable bonds is 7. The van der Waals surface area contributed by atoms with E-state index in [9.17, 15) is 9.59 Å². The molecule has 1 heterocycles. The maximum absolute atomic E-state index is 12.0. The first kappa shape index (κ1) is 17.6. The number of nitrogens with one attached hydrogen (secondary N) is 2. The van der Waals surface area contributed by atoms with Crippen LogP contribution in [0.25, 0.3) is 11.3 Å². The molecule has 1 aromatic carbocycles. The number of carbonyl (C=O) groups excluding carboxylic acids is 2. The van der Waals surface area contributed by atoms with Crippen LogP contribution >= 0.6 is 11.3 Å². The maximum Gasteiger partial charge on any atom is 0.229 e. The van der Waals surface area contributed by atoms with Crippen molar-refractivity contribution in [2.75, 3.05) is 11.9 Å². The molecule has 0 bridgehead atoms. The molecule has 2 unspecified atom stereocenters. The molecule has 1 aromatic heterocycles. The van der Waals surface area contributed by atoms with Crippen molar-refractivity contribution >= 4 is 28.3 Å². The minimum Gasteiger partial charge on any atom is -0.356 e. The molecule has 1 fully saturated rings. The summed E-state index contributed by atoms with van der Waals surface area (Å²) in [6, 6.07) is 8.29. The number of aromatic nitrogens is 1. The van der Waals surface area contributed by atoms with Gasteiger partial charge in [-0.3, -0.25) is 9.59 Å². The van der Waals surface area contributed by atoms with Crippen LogP contribution < -0.4 is 10.6 Å². The zero-order valence-corrected chi connectivity index (χ0v) is 15.4. The minimum absolute atomic E-state index is 0.0120. The quantitative estimate of drug-likeness (QED) is 0.745.